The van der Waals surface area contributed by atoms with Gasteiger partial charge in [-0.1, -0.05) is 0 Å². The van der Waals surface area contributed by atoms with Crippen LogP contribution in [0.1, 0.15) is 12.5 Å². The summed E-state index contributed by atoms with van der Waals surface area (Å²) in [6.07, 6.45) is 3.49. The van der Waals surface area contributed by atoms with Crippen LogP contribution in [0.2, 0.25) is 0 Å². The molecule has 1 heterocycles. The summed E-state index contributed by atoms with van der Waals surface area (Å²) in [7, 11) is 0. The van der Waals surface area contributed by atoms with Crippen LogP contribution >= 0.6 is 11.6 Å². The molecule has 0 unspecified atom stereocenters. The zero-order chi connectivity index (χ0) is 13.0. The van der Waals surface area contributed by atoms with Crippen LogP contribution in [0, 0.1) is 5.82 Å². The number of aromatic nitrogens is 1. The highest BCUT2D eigenvalue weighted by Crippen LogP contribution is 2.28. The lowest BCUT2D eigenvalue weighted by molar-refractivity contribution is 0.628. The summed E-state index contributed by atoms with van der Waals surface area (Å²) in [5.74, 6) is 0.169. The molecule has 0 aliphatic rings. The zero-order valence-corrected chi connectivity index (χ0v) is 10.9. The Kier molecular flexibility index (Phi) is 4.15. The second-order valence-electron chi connectivity index (χ2n) is 3.86. The molecular weight excluding hydrogens is 251 g/mol. The molecule has 1 aromatic heterocycles. The lowest BCUT2D eigenvalue weighted by Gasteiger charge is -2.25. The van der Waals surface area contributed by atoms with E-state index in [1.807, 2.05) is 13.0 Å². The van der Waals surface area contributed by atoms with Crippen LogP contribution in [-0.4, -0.2) is 11.5 Å². The van der Waals surface area contributed by atoms with E-state index >= 15 is 0 Å². The molecule has 4 heteroatoms. The van der Waals surface area contributed by atoms with Crippen LogP contribution in [0.15, 0.2) is 42.7 Å². The minimum atomic E-state index is -0.234. The predicted molar refractivity (Wildman–Crippen MR) is 72.9 cm³/mol. The summed E-state index contributed by atoms with van der Waals surface area (Å²) >= 11 is 5.92. The summed E-state index contributed by atoms with van der Waals surface area (Å²) in [6, 6.07) is 8.36. The number of anilines is 2. The number of hydrogen-bond acceptors (Lipinski definition) is 2. The third kappa shape index (κ3) is 2.62. The van der Waals surface area contributed by atoms with Crippen molar-refractivity contribution >= 4 is 23.0 Å². The van der Waals surface area contributed by atoms with E-state index in [0.29, 0.717) is 5.88 Å². The number of alkyl halides is 1. The van der Waals surface area contributed by atoms with Crippen molar-refractivity contribution in [2.75, 3.05) is 11.4 Å². The Hall–Kier alpha value is -1.61. The molecule has 2 nitrogen and oxygen atoms in total. The molecule has 1 aromatic carbocycles. The Morgan fingerprint density at radius 1 is 1.22 bits per heavy atom. The molecular formula is C14H14ClFN2. The van der Waals surface area contributed by atoms with Gasteiger partial charge in [-0.05, 0) is 37.3 Å². The fourth-order valence-electron chi connectivity index (χ4n) is 1.90. The van der Waals surface area contributed by atoms with Gasteiger partial charge in [0.2, 0.25) is 0 Å². The van der Waals surface area contributed by atoms with E-state index < -0.39 is 0 Å². The molecule has 2 aromatic rings. The van der Waals surface area contributed by atoms with E-state index in [9.17, 15) is 4.39 Å². The van der Waals surface area contributed by atoms with E-state index in [1.165, 1.54) is 12.1 Å². The summed E-state index contributed by atoms with van der Waals surface area (Å²) < 4.78 is 13.0. The second-order valence-corrected chi connectivity index (χ2v) is 4.13. The maximum absolute atomic E-state index is 13.0. The lowest BCUT2D eigenvalue weighted by Crippen LogP contribution is -2.17. The summed E-state index contributed by atoms with van der Waals surface area (Å²) in [5.41, 5.74) is 2.91. The SMILES string of the molecule is CCN(c1ccc(F)cc1)c1ccncc1CCl. The minimum Gasteiger partial charge on any atom is -0.341 e. The average molecular weight is 265 g/mol. The van der Waals surface area contributed by atoms with Crippen LogP contribution in [0.25, 0.3) is 0 Å². The first-order valence-electron chi connectivity index (χ1n) is 5.78. The summed E-state index contributed by atoms with van der Waals surface area (Å²) in [6.45, 7) is 2.82. The number of pyridine rings is 1. The summed E-state index contributed by atoms with van der Waals surface area (Å²) in [5, 5.41) is 0. The highest BCUT2D eigenvalue weighted by Gasteiger charge is 2.11. The Balaban J connectivity index is 2.41. The standard InChI is InChI=1S/C14H14ClFN2/c1-2-18(13-5-3-12(16)4-6-13)14-7-8-17-10-11(14)9-15/h3-8,10H,2,9H2,1H3. The first kappa shape index (κ1) is 12.8. The van der Waals surface area contributed by atoms with Gasteiger partial charge in [0.25, 0.3) is 0 Å². The smallest absolute Gasteiger partial charge is 0.123 e. The molecule has 0 saturated heterocycles. The van der Waals surface area contributed by atoms with Crippen molar-refractivity contribution < 1.29 is 4.39 Å². The molecule has 0 aliphatic heterocycles. The van der Waals surface area contributed by atoms with Crippen LogP contribution in [0.3, 0.4) is 0 Å². The second kappa shape index (κ2) is 5.83. The molecule has 0 aliphatic carbocycles. The fraction of sp³-hybridized carbons (Fsp3) is 0.214. The molecule has 2 rings (SSSR count). The Morgan fingerprint density at radius 2 is 1.94 bits per heavy atom. The Bertz CT molecular complexity index is 513. The maximum atomic E-state index is 13.0. The first-order valence-corrected chi connectivity index (χ1v) is 6.31. The van der Waals surface area contributed by atoms with Crippen molar-refractivity contribution in [2.45, 2.75) is 12.8 Å². The van der Waals surface area contributed by atoms with Crippen molar-refractivity contribution in [3.63, 3.8) is 0 Å². The van der Waals surface area contributed by atoms with Crippen molar-refractivity contribution in [1.82, 2.24) is 4.98 Å². The minimum absolute atomic E-state index is 0.234. The quantitative estimate of drug-likeness (QED) is 0.773. The van der Waals surface area contributed by atoms with Gasteiger partial charge < -0.3 is 4.90 Å². The monoisotopic (exact) mass is 264 g/mol. The average Bonchev–Trinajstić information content (AvgIpc) is 2.42. The number of halogens is 2. The molecule has 18 heavy (non-hydrogen) atoms. The molecule has 0 N–H and O–H groups in total. The molecule has 0 radical (unpaired) electrons. The predicted octanol–water partition coefficient (Wildman–Crippen LogP) is 4.12. The largest absolute Gasteiger partial charge is 0.341 e. The van der Waals surface area contributed by atoms with Crippen molar-refractivity contribution in [1.29, 1.82) is 0 Å². The highest BCUT2D eigenvalue weighted by atomic mass is 35.5. The van der Waals surface area contributed by atoms with Gasteiger partial charge in [-0.2, -0.15) is 0 Å². The number of hydrogen-bond donors (Lipinski definition) is 0. The van der Waals surface area contributed by atoms with Gasteiger partial charge in [0, 0.05) is 35.9 Å². The lowest BCUT2D eigenvalue weighted by atomic mass is 10.2. The molecule has 0 saturated carbocycles. The fourth-order valence-corrected chi connectivity index (χ4v) is 2.11. The van der Waals surface area contributed by atoms with Gasteiger partial charge in [-0.25, -0.2) is 4.39 Å². The van der Waals surface area contributed by atoms with Crippen molar-refractivity contribution in [3.8, 4) is 0 Å². The molecule has 94 valence electrons. The number of rotatable bonds is 4. The van der Waals surface area contributed by atoms with E-state index in [1.54, 1.807) is 24.5 Å². The maximum Gasteiger partial charge on any atom is 0.123 e. The van der Waals surface area contributed by atoms with Crippen LogP contribution in [0.5, 0.6) is 0 Å². The van der Waals surface area contributed by atoms with E-state index in [2.05, 4.69) is 9.88 Å². The first-order chi connectivity index (χ1) is 8.76. The van der Waals surface area contributed by atoms with Crippen LogP contribution < -0.4 is 4.90 Å². The topological polar surface area (TPSA) is 16.1 Å². The van der Waals surface area contributed by atoms with E-state index in [0.717, 1.165) is 23.5 Å². The molecule has 0 fully saturated rings. The summed E-state index contributed by atoms with van der Waals surface area (Å²) in [4.78, 5) is 6.15. The van der Waals surface area contributed by atoms with E-state index in [-0.39, 0.29) is 5.82 Å². The number of nitrogens with zero attached hydrogens (tertiary/aromatic N) is 2. The van der Waals surface area contributed by atoms with Gasteiger partial charge in [0.1, 0.15) is 5.82 Å². The van der Waals surface area contributed by atoms with Crippen LogP contribution in [0.4, 0.5) is 15.8 Å². The van der Waals surface area contributed by atoms with Gasteiger partial charge in [0.15, 0.2) is 0 Å². The number of benzene rings is 1. The molecule has 0 amide bonds. The van der Waals surface area contributed by atoms with Crippen molar-refractivity contribution in [3.05, 3.63) is 54.1 Å². The van der Waals surface area contributed by atoms with Crippen LogP contribution in [-0.2, 0) is 5.88 Å². The van der Waals surface area contributed by atoms with Gasteiger partial charge >= 0.3 is 0 Å². The Morgan fingerprint density at radius 3 is 2.56 bits per heavy atom. The normalized spacial score (nSPS) is 10.4. The molecule has 0 bridgehead atoms. The van der Waals surface area contributed by atoms with Gasteiger partial charge in [-0.15, -0.1) is 11.6 Å². The third-order valence-corrected chi connectivity index (χ3v) is 3.06. The molecule has 0 atom stereocenters. The van der Waals surface area contributed by atoms with Gasteiger partial charge in [-0.3, -0.25) is 4.98 Å². The third-order valence-electron chi connectivity index (χ3n) is 2.77. The molecule has 0 spiro atoms. The zero-order valence-electron chi connectivity index (χ0n) is 10.1. The highest BCUT2D eigenvalue weighted by molar-refractivity contribution is 6.17. The van der Waals surface area contributed by atoms with Gasteiger partial charge in [0.05, 0.1) is 5.88 Å². The Labute approximate surface area is 111 Å². The van der Waals surface area contributed by atoms with E-state index in [4.69, 9.17) is 11.6 Å². The van der Waals surface area contributed by atoms with Crippen molar-refractivity contribution in [2.24, 2.45) is 0 Å².